The molecule has 0 N–H and O–H groups in total. The summed E-state index contributed by atoms with van der Waals surface area (Å²) < 4.78 is 0. The highest BCUT2D eigenvalue weighted by molar-refractivity contribution is 7.19. The van der Waals surface area contributed by atoms with E-state index in [1.807, 2.05) is 18.3 Å². The van der Waals surface area contributed by atoms with Gasteiger partial charge in [0.25, 0.3) is 0 Å². The van der Waals surface area contributed by atoms with Crippen LogP contribution in [0.2, 0.25) is 0 Å². The molecule has 5 rings (SSSR count). The number of thiophene rings is 1. The van der Waals surface area contributed by atoms with Crippen molar-refractivity contribution in [1.82, 2.24) is 19.9 Å². The van der Waals surface area contributed by atoms with Gasteiger partial charge in [-0.1, -0.05) is 0 Å². The van der Waals surface area contributed by atoms with Crippen molar-refractivity contribution >= 4 is 38.7 Å². The van der Waals surface area contributed by atoms with Gasteiger partial charge in [-0.25, -0.2) is 15.0 Å². The quantitative estimate of drug-likeness (QED) is 0.690. The zero-order valence-corrected chi connectivity index (χ0v) is 16.9. The first kappa shape index (κ1) is 16.6. The molecule has 4 heterocycles. The summed E-state index contributed by atoms with van der Waals surface area (Å²) in [5.41, 5.74) is 2.73. The number of hydrogen-bond donors (Lipinski definition) is 0. The fraction of sp³-hybridized carbons (Fsp3) is 0.526. The predicted molar refractivity (Wildman–Crippen MR) is 109 cm³/mol. The SMILES string of the molecule is Cc1nc(N2CCN(Cc3csc(C)n3)CC2)c2c3c(sc2n1)CCC3. The molecule has 0 atom stereocenters. The van der Waals surface area contributed by atoms with Gasteiger partial charge in [0, 0.05) is 43.0 Å². The third-order valence-electron chi connectivity index (χ3n) is 5.38. The number of hydrogen-bond acceptors (Lipinski definition) is 7. The molecule has 5 nitrogen and oxygen atoms in total. The Morgan fingerprint density at radius 2 is 1.88 bits per heavy atom. The summed E-state index contributed by atoms with van der Waals surface area (Å²) in [6.07, 6.45) is 3.69. The van der Waals surface area contributed by atoms with E-state index in [1.165, 1.54) is 46.6 Å². The molecule has 0 aromatic carbocycles. The smallest absolute Gasteiger partial charge is 0.141 e. The number of nitrogens with zero attached hydrogens (tertiary/aromatic N) is 5. The number of aromatic nitrogens is 3. The average molecular weight is 386 g/mol. The maximum atomic E-state index is 4.88. The third-order valence-corrected chi connectivity index (χ3v) is 7.39. The van der Waals surface area contributed by atoms with Gasteiger partial charge in [-0.15, -0.1) is 22.7 Å². The number of rotatable bonds is 3. The van der Waals surface area contributed by atoms with Gasteiger partial charge in [-0.3, -0.25) is 4.90 Å². The van der Waals surface area contributed by atoms with Crippen LogP contribution in [0.25, 0.3) is 10.2 Å². The molecule has 3 aromatic heterocycles. The van der Waals surface area contributed by atoms with Crippen LogP contribution in [0.4, 0.5) is 5.82 Å². The summed E-state index contributed by atoms with van der Waals surface area (Å²) in [4.78, 5) is 21.9. The lowest BCUT2D eigenvalue weighted by Gasteiger charge is -2.35. The maximum Gasteiger partial charge on any atom is 0.141 e. The zero-order chi connectivity index (χ0) is 17.7. The third kappa shape index (κ3) is 2.92. The van der Waals surface area contributed by atoms with Gasteiger partial charge >= 0.3 is 0 Å². The Bertz CT molecular complexity index is 952. The number of thiazole rings is 1. The normalized spacial score (nSPS) is 18.0. The van der Waals surface area contributed by atoms with Crippen LogP contribution < -0.4 is 4.90 Å². The van der Waals surface area contributed by atoms with Crippen LogP contribution in [-0.4, -0.2) is 46.0 Å². The number of aryl methyl sites for hydroxylation is 4. The highest BCUT2D eigenvalue weighted by atomic mass is 32.1. The van der Waals surface area contributed by atoms with Crippen molar-refractivity contribution in [1.29, 1.82) is 0 Å². The molecule has 1 saturated heterocycles. The molecule has 1 aliphatic carbocycles. The summed E-state index contributed by atoms with van der Waals surface area (Å²) in [5, 5.41) is 4.69. The maximum absolute atomic E-state index is 4.88. The molecule has 1 fully saturated rings. The van der Waals surface area contributed by atoms with Crippen molar-refractivity contribution in [2.24, 2.45) is 0 Å². The van der Waals surface area contributed by atoms with Gasteiger partial charge in [0.1, 0.15) is 16.5 Å². The first-order valence-electron chi connectivity index (χ1n) is 9.34. The molecule has 0 unspecified atom stereocenters. The summed E-state index contributed by atoms with van der Waals surface area (Å²) in [5.74, 6) is 2.07. The lowest BCUT2D eigenvalue weighted by molar-refractivity contribution is 0.247. The monoisotopic (exact) mass is 385 g/mol. The van der Waals surface area contributed by atoms with Crippen molar-refractivity contribution < 1.29 is 0 Å². The molecule has 0 spiro atoms. The Hall–Kier alpha value is -1.57. The van der Waals surface area contributed by atoms with E-state index in [2.05, 4.69) is 27.1 Å². The van der Waals surface area contributed by atoms with Crippen LogP contribution in [0.1, 0.15) is 33.4 Å². The lowest BCUT2D eigenvalue weighted by atomic mass is 10.1. The number of piperazine rings is 1. The zero-order valence-electron chi connectivity index (χ0n) is 15.3. The predicted octanol–water partition coefficient (Wildman–Crippen LogP) is 3.58. The van der Waals surface area contributed by atoms with Crippen LogP contribution in [0.5, 0.6) is 0 Å². The molecule has 0 bridgehead atoms. The van der Waals surface area contributed by atoms with E-state index in [-0.39, 0.29) is 0 Å². The van der Waals surface area contributed by atoms with Gasteiger partial charge in [-0.2, -0.15) is 0 Å². The molecule has 3 aromatic rings. The molecular formula is C19H23N5S2. The van der Waals surface area contributed by atoms with Crippen molar-refractivity contribution in [3.05, 3.63) is 32.3 Å². The second-order valence-corrected chi connectivity index (χ2v) is 9.40. The van der Waals surface area contributed by atoms with Gasteiger partial charge in [0.2, 0.25) is 0 Å². The lowest BCUT2D eigenvalue weighted by Crippen LogP contribution is -2.46. The second-order valence-electron chi connectivity index (χ2n) is 7.25. The van der Waals surface area contributed by atoms with Crippen molar-refractivity contribution in [3.63, 3.8) is 0 Å². The van der Waals surface area contributed by atoms with E-state index in [1.54, 1.807) is 16.2 Å². The van der Waals surface area contributed by atoms with Gasteiger partial charge in [0.15, 0.2) is 0 Å². The Morgan fingerprint density at radius 1 is 1.04 bits per heavy atom. The molecule has 26 heavy (non-hydrogen) atoms. The average Bonchev–Trinajstić information content (AvgIpc) is 3.31. The Balaban J connectivity index is 1.38. The van der Waals surface area contributed by atoms with Crippen LogP contribution >= 0.6 is 22.7 Å². The fourth-order valence-corrected chi connectivity index (χ4v) is 6.04. The molecule has 136 valence electrons. The Labute approximate surface area is 161 Å². The molecule has 7 heteroatoms. The van der Waals surface area contributed by atoms with E-state index in [0.29, 0.717) is 0 Å². The molecule has 0 radical (unpaired) electrons. The van der Waals surface area contributed by atoms with E-state index in [9.17, 15) is 0 Å². The molecular weight excluding hydrogens is 362 g/mol. The van der Waals surface area contributed by atoms with Crippen molar-refractivity contribution in [2.75, 3.05) is 31.1 Å². The van der Waals surface area contributed by atoms with Crippen LogP contribution in [0.3, 0.4) is 0 Å². The number of anilines is 1. The van der Waals surface area contributed by atoms with Crippen molar-refractivity contribution in [2.45, 2.75) is 39.7 Å². The van der Waals surface area contributed by atoms with Crippen molar-refractivity contribution in [3.8, 4) is 0 Å². The summed E-state index contributed by atoms with van der Waals surface area (Å²) in [6, 6.07) is 0. The topological polar surface area (TPSA) is 45.2 Å². The van der Waals surface area contributed by atoms with E-state index < -0.39 is 0 Å². The number of fused-ring (bicyclic) bond motifs is 3. The molecule has 0 saturated carbocycles. The van der Waals surface area contributed by atoms with Gasteiger partial charge in [-0.05, 0) is 38.7 Å². The van der Waals surface area contributed by atoms with E-state index >= 15 is 0 Å². The highest BCUT2D eigenvalue weighted by Gasteiger charge is 2.26. The standard InChI is InChI=1S/C19H23N5S2/c1-12-20-18(17-15-4-3-5-16(15)26-19(17)21-12)24-8-6-23(7-9-24)10-14-11-25-13(2)22-14/h11H,3-10H2,1-2H3. The first-order valence-corrected chi connectivity index (χ1v) is 11.0. The van der Waals surface area contributed by atoms with Gasteiger partial charge in [0.05, 0.1) is 16.1 Å². The fourth-order valence-electron chi connectivity index (χ4n) is 4.14. The van der Waals surface area contributed by atoms with E-state index in [0.717, 1.165) is 43.6 Å². The summed E-state index contributed by atoms with van der Waals surface area (Å²) in [6.45, 7) is 9.24. The minimum Gasteiger partial charge on any atom is -0.353 e. The molecule has 0 amide bonds. The Kier molecular flexibility index (Phi) is 4.18. The Morgan fingerprint density at radius 3 is 2.65 bits per heavy atom. The van der Waals surface area contributed by atoms with Crippen LogP contribution in [0, 0.1) is 13.8 Å². The van der Waals surface area contributed by atoms with Crippen LogP contribution in [-0.2, 0) is 19.4 Å². The molecule has 1 aliphatic heterocycles. The van der Waals surface area contributed by atoms with E-state index in [4.69, 9.17) is 9.97 Å². The minimum atomic E-state index is 0.896. The summed E-state index contributed by atoms with van der Waals surface area (Å²) in [7, 11) is 0. The summed E-state index contributed by atoms with van der Waals surface area (Å²) >= 11 is 3.63. The largest absolute Gasteiger partial charge is 0.353 e. The first-order chi connectivity index (χ1) is 12.7. The van der Waals surface area contributed by atoms with Gasteiger partial charge < -0.3 is 4.90 Å². The van der Waals surface area contributed by atoms with Crippen LogP contribution in [0.15, 0.2) is 5.38 Å². The molecule has 2 aliphatic rings. The second kappa shape index (κ2) is 6.55. The highest BCUT2D eigenvalue weighted by Crippen LogP contribution is 2.40. The minimum absolute atomic E-state index is 0.896.